The van der Waals surface area contributed by atoms with E-state index >= 15 is 0 Å². The van der Waals surface area contributed by atoms with Crippen LogP contribution >= 0.6 is 0 Å². The molecule has 4 aliphatic rings. The van der Waals surface area contributed by atoms with Gasteiger partial charge in [-0.2, -0.15) is 0 Å². The fraction of sp³-hybridized carbons (Fsp3) is 0.884. The van der Waals surface area contributed by atoms with E-state index in [1.54, 1.807) is 0 Å². The maximum atomic E-state index is 14.5. The molecule has 3 heterocycles. The second-order valence-corrected chi connectivity index (χ2v) is 26.8. The van der Waals surface area contributed by atoms with E-state index in [0.717, 1.165) is 25.7 Å². The third-order valence-corrected chi connectivity index (χ3v) is 17.9. The van der Waals surface area contributed by atoms with Crippen LogP contribution in [0.5, 0.6) is 0 Å². The molecule has 4 rings (SSSR count). The zero-order valence-corrected chi connectivity index (χ0v) is 63.8. The molecule has 4 fully saturated rings. The number of amides is 8. The minimum absolute atomic E-state index is 0.00935. The van der Waals surface area contributed by atoms with Crippen LogP contribution in [0, 0.1) is 0 Å². The molecule has 0 aromatic heterocycles. The fourth-order valence-electron chi connectivity index (χ4n) is 11.9. The molecule has 42 nitrogen and oxygen atoms in total. The molecule has 0 radical (unpaired) electrons. The number of aliphatic hydroxyl groups is 9. The van der Waals surface area contributed by atoms with Crippen molar-refractivity contribution in [1.29, 1.82) is 0 Å². The summed E-state index contributed by atoms with van der Waals surface area (Å²) < 4.78 is 82.8. The van der Waals surface area contributed by atoms with Gasteiger partial charge in [-0.25, -0.2) is 0 Å². The number of carbonyl (C=O) groups excluding carboxylic acids is 8. The number of unbranched alkanes of at least 4 members (excludes halogenated alkanes) is 3. The average molecular weight is 1610 g/mol. The Balaban J connectivity index is 1.25. The molecule has 3 aliphatic heterocycles. The summed E-state index contributed by atoms with van der Waals surface area (Å²) in [7, 11) is 0. The van der Waals surface area contributed by atoms with Crippen LogP contribution < -0.4 is 54.0 Å². The van der Waals surface area contributed by atoms with E-state index < -0.39 is 178 Å². The normalized spacial score (nSPS) is 25.6. The molecule has 0 spiro atoms. The maximum Gasteiger partial charge on any atom is 0.246 e. The minimum Gasteiger partial charge on any atom is -0.394 e. The Morgan fingerprint density at radius 2 is 0.712 bits per heavy atom. The molecule has 0 bridgehead atoms. The largest absolute Gasteiger partial charge is 0.394 e. The number of ether oxygens (including phenoxy) is 15. The molecule has 42 heteroatoms. The topological polar surface area (TPSA) is 605 Å². The standard InChI is InChI=1S/C69H126N10O32/c1-43(83)74-56-62(92)59(89)50(38-81)110-68(56)107-35-32-101-23-20-97-25-28-103-40-52(85)72-17-9-6-14-46(77-54(87)42-105-30-27-99-19-22-100-31-34-106-67-55(71)61(91)58(88)49(37-80)109-67)65(95)79-48(66(96)78-47(13-5-8-16-70)64(94)76-45-11-3-4-12-45)15-7-10-18-73-53(86)41-104-29-26-98-21-24-102-33-36-108-69-57(75-44(2)84)63(93)60(90)51(39-82)111-69/h45-51,55-63,67-69,80-82,88-93H,3-42,70-71H2,1-2H3,(H,72,85)(H,73,86)(H,74,83)(H,75,84)(H,76,94)(H,77,87)(H,78,96)(H,79,95)/t46?,47?,48?,49-,50-,51-,55-,56-,57-,58+,59+,60+,61-,62-,63-,67-,68-,69-/m1/s1. The summed E-state index contributed by atoms with van der Waals surface area (Å²) in [5.41, 5.74) is 11.7. The Hall–Kier alpha value is -5.28. The Morgan fingerprint density at radius 1 is 0.387 bits per heavy atom. The molecular weight excluding hydrogens is 1480 g/mol. The van der Waals surface area contributed by atoms with Gasteiger partial charge in [-0.3, -0.25) is 38.4 Å². The molecular formula is C69H126N10O32. The van der Waals surface area contributed by atoms with Gasteiger partial charge in [0, 0.05) is 33.0 Å². The zero-order chi connectivity index (χ0) is 81.1. The second-order valence-electron chi connectivity index (χ2n) is 26.8. The lowest BCUT2D eigenvalue weighted by Gasteiger charge is -2.42. The highest BCUT2D eigenvalue weighted by molar-refractivity contribution is 5.94. The van der Waals surface area contributed by atoms with Crippen molar-refractivity contribution >= 4 is 47.3 Å². The van der Waals surface area contributed by atoms with Crippen molar-refractivity contribution in [1.82, 2.24) is 42.5 Å². The van der Waals surface area contributed by atoms with Gasteiger partial charge in [0.25, 0.3) is 0 Å². The van der Waals surface area contributed by atoms with Crippen molar-refractivity contribution in [3.63, 3.8) is 0 Å². The van der Waals surface area contributed by atoms with Crippen LogP contribution in [0.3, 0.4) is 0 Å². The van der Waals surface area contributed by atoms with Gasteiger partial charge in [0.15, 0.2) is 18.9 Å². The predicted octanol–water partition coefficient (Wildman–Crippen LogP) is -8.95. The number of hydrogen-bond donors (Lipinski definition) is 19. The molecule has 18 atom stereocenters. The molecule has 1 aliphatic carbocycles. The van der Waals surface area contributed by atoms with Gasteiger partial charge < -0.3 is 171 Å². The van der Waals surface area contributed by atoms with Crippen molar-refractivity contribution in [3.05, 3.63) is 0 Å². The third kappa shape index (κ3) is 39.8. The summed E-state index contributed by atoms with van der Waals surface area (Å²) in [6.45, 7) is 1.86. The summed E-state index contributed by atoms with van der Waals surface area (Å²) in [5.74, 6) is -4.27. The second kappa shape index (κ2) is 58.5. The predicted molar refractivity (Wildman–Crippen MR) is 385 cm³/mol. The smallest absolute Gasteiger partial charge is 0.246 e. The Kier molecular flexibility index (Phi) is 51.7. The fourth-order valence-corrected chi connectivity index (χ4v) is 11.9. The van der Waals surface area contributed by atoms with Crippen LogP contribution in [0.25, 0.3) is 0 Å². The SMILES string of the molecule is CC(=O)N[C@H]1[C@H](OCCOCCOCCOCC(=O)NCCCCC(NC(=O)COCCOCCOCCO[C@@H]2O[C@H](CO)[C@H](O)[C@H](O)[C@H]2N)C(=O)NC(CCCCNC(=O)COCCOCCOCCO[C@@H]2O[C@H](CO)[C@H](O)[C@H](O)[C@H]2NC(C)=O)C(=O)NC(CCCCN)C(=O)NC2CCCC2)O[C@H](CO)[C@H](O)[C@@H]1O. The van der Waals surface area contributed by atoms with Crippen molar-refractivity contribution in [2.75, 3.05) is 178 Å². The van der Waals surface area contributed by atoms with E-state index in [9.17, 15) is 84.3 Å². The Labute approximate surface area is 646 Å². The van der Waals surface area contributed by atoms with Gasteiger partial charge in [0.2, 0.25) is 47.3 Å². The number of nitrogens with one attached hydrogen (secondary N) is 8. The van der Waals surface area contributed by atoms with E-state index in [2.05, 4.69) is 42.5 Å². The number of nitrogens with two attached hydrogens (primary N) is 2. The number of aliphatic hydroxyl groups excluding tert-OH is 9. The van der Waals surface area contributed by atoms with Gasteiger partial charge in [0.05, 0.1) is 145 Å². The first-order valence-electron chi connectivity index (χ1n) is 38.2. The highest BCUT2D eigenvalue weighted by Crippen LogP contribution is 2.25. The molecule has 21 N–H and O–H groups in total. The summed E-state index contributed by atoms with van der Waals surface area (Å²) >= 11 is 0. The van der Waals surface area contributed by atoms with E-state index in [-0.39, 0.29) is 183 Å². The van der Waals surface area contributed by atoms with Crippen molar-refractivity contribution < 1.29 is 155 Å². The van der Waals surface area contributed by atoms with Crippen LogP contribution in [0.4, 0.5) is 0 Å². The van der Waals surface area contributed by atoms with Crippen LogP contribution in [0.15, 0.2) is 0 Å². The molecule has 3 unspecified atom stereocenters. The zero-order valence-electron chi connectivity index (χ0n) is 63.8. The third-order valence-electron chi connectivity index (χ3n) is 17.9. The lowest BCUT2D eigenvalue weighted by molar-refractivity contribution is -0.272. The van der Waals surface area contributed by atoms with Gasteiger partial charge in [-0.15, -0.1) is 0 Å². The highest BCUT2D eigenvalue weighted by Gasteiger charge is 2.47. The van der Waals surface area contributed by atoms with Crippen LogP contribution in [-0.2, 0) is 109 Å². The highest BCUT2D eigenvalue weighted by atomic mass is 16.7. The number of hydrogen-bond acceptors (Lipinski definition) is 34. The van der Waals surface area contributed by atoms with Crippen LogP contribution in [0.1, 0.15) is 97.3 Å². The maximum absolute atomic E-state index is 14.5. The molecule has 1 saturated carbocycles. The molecule has 111 heavy (non-hydrogen) atoms. The van der Waals surface area contributed by atoms with Crippen molar-refractivity contribution in [2.24, 2.45) is 11.5 Å². The first kappa shape index (κ1) is 98.1. The molecule has 8 amide bonds. The number of rotatable bonds is 62. The quantitative estimate of drug-likeness (QED) is 0.0252. The Bertz CT molecular complexity index is 2580. The van der Waals surface area contributed by atoms with E-state index in [4.69, 9.17) is 82.5 Å². The van der Waals surface area contributed by atoms with Crippen molar-refractivity contribution in [3.8, 4) is 0 Å². The van der Waals surface area contributed by atoms with E-state index in [0.29, 0.717) is 38.6 Å². The van der Waals surface area contributed by atoms with Gasteiger partial charge in [-0.1, -0.05) is 12.8 Å². The average Bonchev–Trinajstić information content (AvgIpc) is 1.01. The molecule has 644 valence electrons. The van der Waals surface area contributed by atoms with Crippen LogP contribution in [0.2, 0.25) is 0 Å². The van der Waals surface area contributed by atoms with Crippen LogP contribution in [-0.4, -0.2) is 388 Å². The van der Waals surface area contributed by atoms with Gasteiger partial charge >= 0.3 is 0 Å². The lowest BCUT2D eigenvalue weighted by atomic mass is 9.97. The minimum atomic E-state index is -1.45. The Morgan fingerprint density at radius 3 is 1.09 bits per heavy atom. The summed E-state index contributed by atoms with van der Waals surface area (Å²) in [6.07, 6.45) is -9.12. The first-order valence-corrected chi connectivity index (χ1v) is 38.2. The first-order chi connectivity index (χ1) is 53.5. The van der Waals surface area contributed by atoms with Crippen molar-refractivity contribution in [2.45, 2.75) is 213 Å². The number of carbonyl (C=O) groups is 8. The molecule has 0 aromatic rings. The molecule has 3 saturated heterocycles. The summed E-state index contributed by atoms with van der Waals surface area (Å²) in [4.78, 5) is 105. The summed E-state index contributed by atoms with van der Waals surface area (Å²) in [5, 5.41) is 112. The molecule has 0 aromatic carbocycles. The van der Waals surface area contributed by atoms with E-state index in [1.165, 1.54) is 13.8 Å². The van der Waals surface area contributed by atoms with Gasteiger partial charge in [0.1, 0.15) is 105 Å². The summed E-state index contributed by atoms with van der Waals surface area (Å²) in [6, 6.07) is -6.73. The van der Waals surface area contributed by atoms with Gasteiger partial charge in [-0.05, 0) is 77.2 Å². The lowest BCUT2D eigenvalue weighted by Crippen LogP contribution is -2.64. The van der Waals surface area contributed by atoms with E-state index in [1.807, 2.05) is 0 Å². The monoisotopic (exact) mass is 1610 g/mol.